The molecular formula is C18H21FN6O2. The number of piperidine rings is 1. The summed E-state index contributed by atoms with van der Waals surface area (Å²) in [6, 6.07) is 6.32. The number of ether oxygens (including phenoxy) is 2. The maximum absolute atomic E-state index is 13.9. The molecule has 1 aromatic carbocycles. The summed E-state index contributed by atoms with van der Waals surface area (Å²) in [5, 5.41) is 16.3. The van der Waals surface area contributed by atoms with Crippen LogP contribution in [0, 0.1) is 5.82 Å². The van der Waals surface area contributed by atoms with E-state index in [1.165, 1.54) is 19.2 Å². The third kappa shape index (κ3) is 3.43. The number of hydrogen-bond donors (Lipinski definition) is 2. The predicted octanol–water partition coefficient (Wildman–Crippen LogP) is 2.12. The first kappa shape index (κ1) is 17.6. The van der Waals surface area contributed by atoms with Gasteiger partial charge in [0.2, 0.25) is 0 Å². The average Bonchev–Trinajstić information content (AvgIpc) is 3.04. The highest BCUT2D eigenvalue weighted by Crippen LogP contribution is 2.33. The van der Waals surface area contributed by atoms with Crippen molar-refractivity contribution in [3.63, 3.8) is 0 Å². The number of nitrogens with zero attached hydrogens (tertiary/aromatic N) is 4. The van der Waals surface area contributed by atoms with Crippen LogP contribution < -0.4 is 15.8 Å². The molecule has 0 amide bonds. The van der Waals surface area contributed by atoms with Crippen molar-refractivity contribution in [3.8, 4) is 17.0 Å². The standard InChI is InChI=1S/C18H21FN6O2/c1-26-10-27-16-3-2-11(19)8-13(16)14-9-15-17(23-22-14)18(20)24-25(15)12-4-6-21-7-5-12/h2-3,8-9,12,21H,4-7,10H2,1H3,(H2,20,24). The second kappa shape index (κ2) is 7.45. The molecule has 1 fully saturated rings. The van der Waals surface area contributed by atoms with Gasteiger partial charge in [0, 0.05) is 12.7 Å². The van der Waals surface area contributed by atoms with Gasteiger partial charge in [0.25, 0.3) is 0 Å². The predicted molar refractivity (Wildman–Crippen MR) is 98.8 cm³/mol. The largest absolute Gasteiger partial charge is 0.467 e. The summed E-state index contributed by atoms with van der Waals surface area (Å²) < 4.78 is 26.3. The van der Waals surface area contributed by atoms with Gasteiger partial charge >= 0.3 is 0 Å². The van der Waals surface area contributed by atoms with Crippen LogP contribution in [0.25, 0.3) is 22.3 Å². The number of fused-ring (bicyclic) bond motifs is 1. The average molecular weight is 372 g/mol. The fourth-order valence-electron chi connectivity index (χ4n) is 3.37. The van der Waals surface area contributed by atoms with E-state index in [4.69, 9.17) is 15.2 Å². The van der Waals surface area contributed by atoms with Crippen molar-refractivity contribution in [2.75, 3.05) is 32.7 Å². The van der Waals surface area contributed by atoms with Gasteiger partial charge in [0.1, 0.15) is 11.6 Å². The van der Waals surface area contributed by atoms with Crippen molar-refractivity contribution < 1.29 is 13.9 Å². The highest BCUT2D eigenvalue weighted by molar-refractivity contribution is 5.87. The molecule has 9 heteroatoms. The zero-order chi connectivity index (χ0) is 18.8. The molecule has 27 heavy (non-hydrogen) atoms. The lowest BCUT2D eigenvalue weighted by Gasteiger charge is -2.23. The molecule has 142 valence electrons. The Labute approximate surface area is 155 Å². The molecule has 3 heterocycles. The zero-order valence-electron chi connectivity index (χ0n) is 15.0. The van der Waals surface area contributed by atoms with E-state index < -0.39 is 0 Å². The number of rotatable bonds is 5. The van der Waals surface area contributed by atoms with Gasteiger partial charge in [-0.1, -0.05) is 0 Å². The molecule has 0 radical (unpaired) electrons. The molecule has 0 unspecified atom stereocenters. The van der Waals surface area contributed by atoms with Gasteiger partial charge in [-0.05, 0) is 50.2 Å². The number of nitrogens with one attached hydrogen (secondary N) is 1. The summed E-state index contributed by atoms with van der Waals surface area (Å²) >= 11 is 0. The van der Waals surface area contributed by atoms with Crippen LogP contribution in [0.3, 0.4) is 0 Å². The van der Waals surface area contributed by atoms with E-state index >= 15 is 0 Å². The molecular weight excluding hydrogens is 351 g/mol. The van der Waals surface area contributed by atoms with Gasteiger partial charge < -0.3 is 20.5 Å². The minimum Gasteiger partial charge on any atom is -0.467 e. The van der Waals surface area contributed by atoms with Crippen LogP contribution in [0.4, 0.5) is 10.2 Å². The summed E-state index contributed by atoms with van der Waals surface area (Å²) in [5.74, 6) is 0.425. The van der Waals surface area contributed by atoms with E-state index in [1.807, 2.05) is 10.7 Å². The van der Waals surface area contributed by atoms with E-state index in [1.54, 1.807) is 6.07 Å². The Hall–Kier alpha value is -2.78. The van der Waals surface area contributed by atoms with Gasteiger partial charge in [-0.15, -0.1) is 10.2 Å². The van der Waals surface area contributed by atoms with E-state index in [-0.39, 0.29) is 18.7 Å². The topological polar surface area (TPSA) is 100 Å². The van der Waals surface area contributed by atoms with Crippen molar-refractivity contribution in [2.45, 2.75) is 18.9 Å². The van der Waals surface area contributed by atoms with E-state index in [0.717, 1.165) is 31.4 Å². The van der Waals surface area contributed by atoms with E-state index in [2.05, 4.69) is 20.6 Å². The number of aromatic nitrogens is 4. The minimum absolute atomic E-state index is 0.0499. The Kier molecular flexibility index (Phi) is 4.87. The lowest BCUT2D eigenvalue weighted by Crippen LogP contribution is -2.29. The SMILES string of the molecule is COCOc1ccc(F)cc1-c1cc2c(nn1)c(N)nn2C1CCNCC1. The lowest BCUT2D eigenvalue weighted by molar-refractivity contribution is 0.0514. The van der Waals surface area contributed by atoms with Crippen molar-refractivity contribution >= 4 is 16.9 Å². The van der Waals surface area contributed by atoms with Crippen LogP contribution in [0.2, 0.25) is 0 Å². The number of benzene rings is 1. The Morgan fingerprint density at radius 2 is 2.07 bits per heavy atom. The smallest absolute Gasteiger partial charge is 0.188 e. The van der Waals surface area contributed by atoms with Crippen LogP contribution in [-0.4, -0.2) is 47.0 Å². The molecule has 3 aromatic rings. The third-order valence-corrected chi connectivity index (χ3v) is 4.68. The van der Waals surface area contributed by atoms with Gasteiger partial charge in [0.05, 0.1) is 17.3 Å². The fourth-order valence-corrected chi connectivity index (χ4v) is 3.37. The van der Waals surface area contributed by atoms with Crippen molar-refractivity contribution in [1.29, 1.82) is 0 Å². The number of nitrogen functional groups attached to an aromatic ring is 1. The summed E-state index contributed by atoms with van der Waals surface area (Å²) in [6.07, 6.45) is 1.91. The molecule has 0 saturated carbocycles. The summed E-state index contributed by atoms with van der Waals surface area (Å²) in [6.45, 7) is 1.90. The van der Waals surface area contributed by atoms with E-state index in [0.29, 0.717) is 28.3 Å². The first-order chi connectivity index (χ1) is 13.2. The van der Waals surface area contributed by atoms with Crippen LogP contribution in [-0.2, 0) is 4.74 Å². The summed E-state index contributed by atoms with van der Waals surface area (Å²) in [7, 11) is 1.52. The molecule has 1 saturated heterocycles. The monoisotopic (exact) mass is 372 g/mol. The van der Waals surface area contributed by atoms with Crippen molar-refractivity contribution in [3.05, 3.63) is 30.1 Å². The Morgan fingerprint density at radius 3 is 2.85 bits per heavy atom. The molecule has 0 aliphatic carbocycles. The van der Waals surface area contributed by atoms with Crippen LogP contribution in [0.1, 0.15) is 18.9 Å². The quantitative estimate of drug-likeness (QED) is 0.662. The minimum atomic E-state index is -0.386. The molecule has 0 spiro atoms. The number of hydrogen-bond acceptors (Lipinski definition) is 7. The van der Waals surface area contributed by atoms with Crippen molar-refractivity contribution in [1.82, 2.24) is 25.3 Å². The summed E-state index contributed by atoms with van der Waals surface area (Å²) in [4.78, 5) is 0. The second-order valence-electron chi connectivity index (χ2n) is 6.47. The van der Waals surface area contributed by atoms with Crippen LogP contribution >= 0.6 is 0 Å². The zero-order valence-corrected chi connectivity index (χ0v) is 15.0. The molecule has 1 aliphatic heterocycles. The normalized spacial score (nSPS) is 15.3. The molecule has 2 aromatic heterocycles. The molecule has 1 aliphatic rings. The van der Waals surface area contributed by atoms with Gasteiger partial charge in [-0.3, -0.25) is 4.68 Å². The van der Waals surface area contributed by atoms with Crippen molar-refractivity contribution in [2.24, 2.45) is 0 Å². The highest BCUT2D eigenvalue weighted by atomic mass is 19.1. The van der Waals surface area contributed by atoms with Gasteiger partial charge in [0.15, 0.2) is 18.1 Å². The highest BCUT2D eigenvalue weighted by Gasteiger charge is 2.22. The van der Waals surface area contributed by atoms with Crippen LogP contribution in [0.15, 0.2) is 24.3 Å². The molecule has 0 bridgehead atoms. The number of anilines is 1. The molecule has 8 nitrogen and oxygen atoms in total. The molecule has 4 rings (SSSR count). The Morgan fingerprint density at radius 1 is 1.26 bits per heavy atom. The van der Waals surface area contributed by atoms with Gasteiger partial charge in [-0.25, -0.2) is 4.39 Å². The molecule has 3 N–H and O–H groups in total. The molecule has 0 atom stereocenters. The number of methoxy groups -OCH3 is 1. The number of halogens is 1. The first-order valence-corrected chi connectivity index (χ1v) is 8.81. The summed E-state index contributed by atoms with van der Waals surface area (Å²) in [5.41, 5.74) is 8.36. The van der Waals surface area contributed by atoms with Crippen LogP contribution in [0.5, 0.6) is 5.75 Å². The van der Waals surface area contributed by atoms with E-state index in [9.17, 15) is 4.39 Å². The second-order valence-corrected chi connectivity index (χ2v) is 6.47. The Balaban J connectivity index is 1.80. The maximum Gasteiger partial charge on any atom is 0.188 e. The maximum atomic E-state index is 13.9. The number of nitrogens with two attached hydrogens (primary N) is 1. The Bertz CT molecular complexity index is 954. The fraction of sp³-hybridized carbons (Fsp3) is 0.389. The van der Waals surface area contributed by atoms with Gasteiger partial charge in [-0.2, -0.15) is 5.10 Å². The third-order valence-electron chi connectivity index (χ3n) is 4.68. The first-order valence-electron chi connectivity index (χ1n) is 8.81. The lowest BCUT2D eigenvalue weighted by atomic mass is 10.1.